The lowest BCUT2D eigenvalue weighted by molar-refractivity contribution is -0.528. The zero-order valence-corrected chi connectivity index (χ0v) is 13.2. The minimum absolute atomic E-state index is 0.0878. The maximum atomic E-state index is 12.3. The minimum Gasteiger partial charge on any atom is -0.510 e. The first kappa shape index (κ1) is 16.7. The Balaban J connectivity index is 1.72. The fraction of sp³-hybridized carbons (Fsp3) is 0.375. The number of azo groups is 1. The van der Waals surface area contributed by atoms with Crippen molar-refractivity contribution in [1.29, 1.82) is 0 Å². The number of anilines is 1. The van der Waals surface area contributed by atoms with E-state index >= 15 is 0 Å². The highest BCUT2D eigenvalue weighted by atomic mass is 16.6. The van der Waals surface area contributed by atoms with Crippen molar-refractivity contribution in [2.24, 2.45) is 22.1 Å². The van der Waals surface area contributed by atoms with Gasteiger partial charge in [0.25, 0.3) is 0 Å². The number of allylic oxidation sites excluding steroid dienone is 2. The number of carbonyl (C=O) groups excluding carboxylic acids is 2. The van der Waals surface area contributed by atoms with Gasteiger partial charge in [-0.1, -0.05) is 23.3 Å². The van der Waals surface area contributed by atoms with Gasteiger partial charge in [0, 0.05) is 35.3 Å². The molecule has 2 N–H and O–H groups in total. The first-order chi connectivity index (χ1) is 12.0. The van der Waals surface area contributed by atoms with E-state index in [0.29, 0.717) is 12.1 Å². The number of Topliss-reactive ketones (excluding diaryl/α,β-unsaturated/α-hetero) is 1. The molecule has 1 saturated carbocycles. The molecular weight excluding hydrogens is 328 g/mol. The number of amides is 2. The number of nitrogens with zero attached hydrogens (tertiary/aromatic N) is 3. The van der Waals surface area contributed by atoms with Crippen LogP contribution in [0.1, 0.15) is 19.3 Å². The zero-order valence-electron chi connectivity index (χ0n) is 13.2. The summed E-state index contributed by atoms with van der Waals surface area (Å²) < 4.78 is 0. The van der Waals surface area contributed by atoms with Crippen molar-refractivity contribution in [1.82, 2.24) is 0 Å². The minimum atomic E-state index is -0.783. The van der Waals surface area contributed by atoms with Gasteiger partial charge in [0.1, 0.15) is 5.76 Å². The Kier molecular flexibility index (Phi) is 4.55. The summed E-state index contributed by atoms with van der Waals surface area (Å²) in [6, 6.07) is 7.02. The number of hydrogen-bond donors (Lipinski definition) is 2. The van der Waals surface area contributed by atoms with Crippen LogP contribution in [0.15, 0.2) is 52.0 Å². The lowest BCUT2D eigenvalue weighted by Gasteiger charge is -2.25. The van der Waals surface area contributed by atoms with Crippen LogP contribution < -0.4 is 5.32 Å². The van der Waals surface area contributed by atoms with Crippen molar-refractivity contribution in [3.05, 3.63) is 51.9 Å². The Bertz CT molecular complexity index is 774. The molecule has 0 bridgehead atoms. The third kappa shape index (κ3) is 3.39. The summed E-state index contributed by atoms with van der Waals surface area (Å²) in [5, 5.41) is 30.6. The van der Waals surface area contributed by atoms with Crippen LogP contribution in [-0.4, -0.2) is 27.9 Å². The molecule has 3 atom stereocenters. The van der Waals surface area contributed by atoms with E-state index in [1.165, 1.54) is 0 Å². The number of nitrogens with one attached hydrogen (secondary N) is 1. The normalized spacial score (nSPS) is 25.9. The highest BCUT2D eigenvalue weighted by Gasteiger charge is 2.48. The van der Waals surface area contributed by atoms with Crippen molar-refractivity contribution in [3.8, 4) is 0 Å². The zero-order chi connectivity index (χ0) is 18.0. The highest BCUT2D eigenvalue weighted by molar-refractivity contribution is 6.00. The quantitative estimate of drug-likeness (QED) is 0.493. The average molecular weight is 344 g/mol. The van der Waals surface area contributed by atoms with E-state index in [2.05, 4.69) is 15.5 Å². The van der Waals surface area contributed by atoms with Gasteiger partial charge in [0.2, 0.25) is 6.04 Å². The van der Waals surface area contributed by atoms with Gasteiger partial charge in [0.05, 0.1) is 0 Å². The number of rotatable bonds is 3. The van der Waals surface area contributed by atoms with E-state index in [1.807, 2.05) is 0 Å². The smallest absolute Gasteiger partial charge is 0.364 e. The average Bonchev–Trinajstić information content (AvgIpc) is 2.84. The number of fused-ring (bicyclic) bond motifs is 1. The first-order valence-corrected chi connectivity index (χ1v) is 7.86. The molecule has 130 valence electrons. The molecule has 1 fully saturated rings. The van der Waals surface area contributed by atoms with Gasteiger partial charge in [-0.3, -0.25) is 14.9 Å². The third-order valence-corrected chi connectivity index (χ3v) is 4.55. The maximum Gasteiger partial charge on any atom is 0.364 e. The molecule has 0 heterocycles. The van der Waals surface area contributed by atoms with Crippen LogP contribution in [0.4, 0.5) is 10.5 Å². The maximum absolute atomic E-state index is 12.3. The fourth-order valence-corrected chi connectivity index (χ4v) is 3.30. The second kappa shape index (κ2) is 6.80. The van der Waals surface area contributed by atoms with Crippen LogP contribution in [0.5, 0.6) is 0 Å². The van der Waals surface area contributed by atoms with Gasteiger partial charge in [-0.25, -0.2) is 4.79 Å². The number of benzene rings is 1. The van der Waals surface area contributed by atoms with Crippen molar-refractivity contribution in [2.75, 3.05) is 5.32 Å². The number of hydrogen-bond acceptors (Lipinski definition) is 6. The Morgan fingerprint density at radius 1 is 1.24 bits per heavy atom. The van der Waals surface area contributed by atoms with Crippen molar-refractivity contribution < 1.29 is 19.6 Å². The molecule has 9 nitrogen and oxygen atoms in total. The molecule has 0 aromatic heterocycles. The molecule has 2 aliphatic rings. The standard InChI is InChI=1S/C16H16N4O5/c21-14-11-7-6-10(20(24)25)8-12(11)15(22)13(14)18-19-16(23)17-9-4-2-1-3-5-9/h1-5,10-12,22H,6-8H2,(H,17,23). The molecule has 2 aliphatic carbocycles. The lowest BCUT2D eigenvalue weighted by Crippen LogP contribution is -2.33. The number of aliphatic hydroxyl groups is 1. The number of urea groups is 1. The van der Waals surface area contributed by atoms with Crippen LogP contribution in [0.3, 0.4) is 0 Å². The summed E-state index contributed by atoms with van der Waals surface area (Å²) in [4.78, 5) is 34.6. The Morgan fingerprint density at radius 2 is 1.96 bits per heavy atom. The second-order valence-corrected chi connectivity index (χ2v) is 6.06. The molecular formula is C16H16N4O5. The first-order valence-electron chi connectivity index (χ1n) is 7.86. The molecule has 1 aromatic rings. The van der Waals surface area contributed by atoms with Crippen LogP contribution in [0.2, 0.25) is 0 Å². The van der Waals surface area contributed by atoms with Crippen LogP contribution in [0, 0.1) is 22.0 Å². The molecule has 3 unspecified atom stereocenters. The van der Waals surface area contributed by atoms with Gasteiger partial charge < -0.3 is 10.4 Å². The summed E-state index contributed by atoms with van der Waals surface area (Å²) in [6.07, 6.45) is 0.686. The molecule has 0 saturated heterocycles. The Morgan fingerprint density at radius 3 is 2.64 bits per heavy atom. The van der Waals surface area contributed by atoms with E-state index in [-0.39, 0.29) is 29.2 Å². The molecule has 0 spiro atoms. The summed E-state index contributed by atoms with van der Waals surface area (Å²) in [7, 11) is 0. The van der Waals surface area contributed by atoms with E-state index < -0.39 is 29.7 Å². The van der Waals surface area contributed by atoms with E-state index in [9.17, 15) is 24.8 Å². The van der Waals surface area contributed by atoms with Gasteiger partial charge in [-0.15, -0.1) is 5.11 Å². The van der Waals surface area contributed by atoms with Crippen LogP contribution in [-0.2, 0) is 4.79 Å². The van der Waals surface area contributed by atoms with Gasteiger partial charge in [-0.2, -0.15) is 0 Å². The predicted molar refractivity (Wildman–Crippen MR) is 86.6 cm³/mol. The highest BCUT2D eigenvalue weighted by Crippen LogP contribution is 2.43. The summed E-state index contributed by atoms with van der Waals surface area (Å²) >= 11 is 0. The number of ketones is 1. The fourth-order valence-electron chi connectivity index (χ4n) is 3.30. The molecule has 0 radical (unpaired) electrons. The summed E-state index contributed by atoms with van der Waals surface area (Å²) in [5.41, 5.74) is 0.243. The number of aliphatic hydroxyl groups excluding tert-OH is 1. The number of para-hydroxylation sites is 1. The van der Waals surface area contributed by atoms with Crippen LogP contribution in [0.25, 0.3) is 0 Å². The SMILES string of the molecule is O=C(N=NC1=C(O)C2CC([N+](=O)[O-])CCC2C1=O)Nc1ccccc1. The van der Waals surface area contributed by atoms with Gasteiger partial charge in [-0.05, 0) is 18.6 Å². The van der Waals surface area contributed by atoms with E-state index in [4.69, 9.17) is 0 Å². The molecule has 0 aliphatic heterocycles. The second-order valence-electron chi connectivity index (χ2n) is 6.06. The summed E-state index contributed by atoms with van der Waals surface area (Å²) in [6.45, 7) is 0. The third-order valence-electron chi connectivity index (χ3n) is 4.55. The number of nitro groups is 1. The summed E-state index contributed by atoms with van der Waals surface area (Å²) in [5.74, 6) is -1.87. The largest absolute Gasteiger partial charge is 0.510 e. The number of carbonyl (C=O) groups is 2. The molecule has 1 aromatic carbocycles. The van der Waals surface area contributed by atoms with Crippen LogP contribution >= 0.6 is 0 Å². The Hall–Kier alpha value is -3.10. The van der Waals surface area contributed by atoms with E-state index in [1.54, 1.807) is 30.3 Å². The van der Waals surface area contributed by atoms with Crippen molar-refractivity contribution in [3.63, 3.8) is 0 Å². The predicted octanol–water partition coefficient (Wildman–Crippen LogP) is 3.08. The van der Waals surface area contributed by atoms with Crippen molar-refractivity contribution >= 4 is 17.5 Å². The molecule has 2 amide bonds. The van der Waals surface area contributed by atoms with Gasteiger partial charge >= 0.3 is 6.03 Å². The topological polar surface area (TPSA) is 134 Å². The Labute approximate surface area is 142 Å². The van der Waals surface area contributed by atoms with E-state index in [0.717, 1.165) is 0 Å². The lowest BCUT2D eigenvalue weighted by atomic mass is 9.78. The van der Waals surface area contributed by atoms with Crippen molar-refractivity contribution in [2.45, 2.75) is 25.3 Å². The van der Waals surface area contributed by atoms with Gasteiger partial charge in [0.15, 0.2) is 11.5 Å². The molecule has 3 rings (SSSR count). The monoisotopic (exact) mass is 344 g/mol. The molecule has 9 heteroatoms. The molecule has 25 heavy (non-hydrogen) atoms.